The van der Waals surface area contributed by atoms with Gasteiger partial charge in [0.1, 0.15) is 12.1 Å². The van der Waals surface area contributed by atoms with Crippen molar-refractivity contribution in [3.8, 4) is 0 Å². The Labute approximate surface area is 176 Å². The second kappa shape index (κ2) is 8.16. The Morgan fingerprint density at radius 3 is 2.53 bits per heavy atom. The summed E-state index contributed by atoms with van der Waals surface area (Å²) < 4.78 is 24.7. The first-order valence-corrected chi connectivity index (χ1v) is 11.1. The van der Waals surface area contributed by atoms with Gasteiger partial charge in [-0.15, -0.1) is 0 Å². The molecule has 3 heterocycles. The van der Waals surface area contributed by atoms with E-state index in [1.165, 1.54) is 24.7 Å². The molecular formula is C24H29FN2O3. The van der Waals surface area contributed by atoms with Crippen LogP contribution in [0.15, 0.2) is 47.3 Å². The van der Waals surface area contributed by atoms with E-state index in [1.54, 1.807) is 24.5 Å². The first-order chi connectivity index (χ1) is 14.6. The van der Waals surface area contributed by atoms with E-state index in [9.17, 15) is 9.18 Å². The van der Waals surface area contributed by atoms with Crippen molar-refractivity contribution < 1.29 is 18.3 Å². The average molecular weight is 413 g/mol. The summed E-state index contributed by atoms with van der Waals surface area (Å²) in [6.07, 6.45) is 9.36. The maximum atomic E-state index is 13.3. The number of halogens is 1. The van der Waals surface area contributed by atoms with Gasteiger partial charge in [-0.2, -0.15) is 0 Å². The van der Waals surface area contributed by atoms with Gasteiger partial charge in [-0.3, -0.25) is 9.69 Å². The minimum atomic E-state index is -0.182. The molecule has 1 saturated carbocycles. The standard InChI is InChI=1S/C24H29FN2O3/c25-20-3-1-18(2-4-20)16-27(21-5-6-21)22-8-14-30-24(15-22)9-11-26(12-10-24)23(28)19-7-13-29-17-19/h1-4,7,13,17,21-22H,5-6,8-12,14-16H2. The van der Waals surface area contributed by atoms with Gasteiger partial charge in [-0.1, -0.05) is 12.1 Å². The van der Waals surface area contributed by atoms with E-state index in [4.69, 9.17) is 9.15 Å². The van der Waals surface area contributed by atoms with Gasteiger partial charge in [-0.25, -0.2) is 4.39 Å². The number of hydrogen-bond donors (Lipinski definition) is 0. The molecule has 1 spiro atoms. The van der Waals surface area contributed by atoms with Crippen LogP contribution in [0.2, 0.25) is 0 Å². The topological polar surface area (TPSA) is 45.9 Å². The van der Waals surface area contributed by atoms with E-state index in [2.05, 4.69) is 4.90 Å². The number of furan rings is 1. The fourth-order valence-corrected chi connectivity index (χ4v) is 5.08. The SMILES string of the molecule is O=C(c1ccoc1)N1CCC2(CC1)CC(N(Cc1ccc(F)cc1)C1CC1)CCO2. The first-order valence-electron chi connectivity index (χ1n) is 11.1. The van der Waals surface area contributed by atoms with Gasteiger partial charge >= 0.3 is 0 Å². The molecule has 1 aliphatic carbocycles. The molecule has 0 N–H and O–H groups in total. The third-order valence-electron chi connectivity index (χ3n) is 6.96. The fourth-order valence-electron chi connectivity index (χ4n) is 5.08. The van der Waals surface area contributed by atoms with Gasteiger partial charge in [0.15, 0.2) is 0 Å². The molecule has 160 valence electrons. The predicted octanol–water partition coefficient (Wildman–Crippen LogP) is 4.24. The Morgan fingerprint density at radius 1 is 1.10 bits per heavy atom. The molecule has 6 heteroatoms. The fraction of sp³-hybridized carbons (Fsp3) is 0.542. The van der Waals surface area contributed by atoms with Crippen molar-refractivity contribution >= 4 is 5.91 Å². The minimum absolute atomic E-state index is 0.0434. The van der Waals surface area contributed by atoms with Crippen molar-refractivity contribution in [2.24, 2.45) is 0 Å². The van der Waals surface area contributed by atoms with Crippen LogP contribution in [0.4, 0.5) is 4.39 Å². The molecule has 1 amide bonds. The van der Waals surface area contributed by atoms with E-state index in [0.717, 1.165) is 51.9 Å². The van der Waals surface area contributed by atoms with Crippen LogP contribution in [0.1, 0.15) is 54.4 Å². The van der Waals surface area contributed by atoms with Gasteiger partial charge in [0.25, 0.3) is 5.91 Å². The van der Waals surface area contributed by atoms with Crippen LogP contribution in [0.25, 0.3) is 0 Å². The number of likely N-dealkylation sites (tertiary alicyclic amines) is 1. The van der Waals surface area contributed by atoms with Gasteiger partial charge in [-0.05, 0) is 62.3 Å². The number of rotatable bonds is 5. The predicted molar refractivity (Wildman–Crippen MR) is 111 cm³/mol. The van der Waals surface area contributed by atoms with E-state index < -0.39 is 0 Å². The summed E-state index contributed by atoms with van der Waals surface area (Å²) in [5.74, 6) is -0.139. The number of benzene rings is 1. The Bertz CT molecular complexity index is 855. The number of amides is 1. The monoisotopic (exact) mass is 412 g/mol. The molecule has 3 aliphatic rings. The lowest BCUT2D eigenvalue weighted by Crippen LogP contribution is -2.54. The van der Waals surface area contributed by atoms with Crippen LogP contribution in [-0.4, -0.2) is 53.1 Å². The number of ether oxygens (including phenoxy) is 1. The summed E-state index contributed by atoms with van der Waals surface area (Å²) >= 11 is 0. The van der Waals surface area contributed by atoms with Crippen molar-refractivity contribution in [2.75, 3.05) is 19.7 Å². The first kappa shape index (κ1) is 19.8. The van der Waals surface area contributed by atoms with E-state index in [1.807, 2.05) is 17.0 Å². The lowest BCUT2D eigenvalue weighted by molar-refractivity contribution is -0.131. The highest BCUT2D eigenvalue weighted by atomic mass is 19.1. The Hall–Kier alpha value is -2.18. The molecule has 0 radical (unpaired) electrons. The highest BCUT2D eigenvalue weighted by Crippen LogP contribution is 2.40. The molecule has 30 heavy (non-hydrogen) atoms. The van der Waals surface area contributed by atoms with Crippen molar-refractivity contribution in [1.29, 1.82) is 0 Å². The largest absolute Gasteiger partial charge is 0.472 e. The van der Waals surface area contributed by atoms with Gasteiger partial charge in [0, 0.05) is 38.3 Å². The van der Waals surface area contributed by atoms with Gasteiger partial charge in [0.05, 0.1) is 17.4 Å². The Balaban J connectivity index is 1.24. The van der Waals surface area contributed by atoms with E-state index in [0.29, 0.717) is 17.6 Å². The normalized spacial score (nSPS) is 23.8. The molecule has 5 nitrogen and oxygen atoms in total. The molecule has 3 fully saturated rings. The molecule has 2 aliphatic heterocycles. The Kier molecular flexibility index (Phi) is 5.37. The number of carbonyl (C=O) groups is 1. The second-order valence-corrected chi connectivity index (χ2v) is 9.01. The molecule has 1 atom stereocenters. The van der Waals surface area contributed by atoms with Crippen molar-refractivity contribution in [3.63, 3.8) is 0 Å². The van der Waals surface area contributed by atoms with Crippen LogP contribution in [0, 0.1) is 5.82 Å². The summed E-state index contributed by atoms with van der Waals surface area (Å²) in [6.45, 7) is 3.08. The number of piperidine rings is 1. The van der Waals surface area contributed by atoms with Crippen molar-refractivity contribution in [1.82, 2.24) is 9.80 Å². The van der Waals surface area contributed by atoms with Crippen LogP contribution in [0.3, 0.4) is 0 Å². The lowest BCUT2D eigenvalue weighted by atomic mass is 9.81. The van der Waals surface area contributed by atoms with E-state index in [-0.39, 0.29) is 17.3 Å². The number of hydrogen-bond acceptors (Lipinski definition) is 4. The molecular weight excluding hydrogens is 383 g/mol. The third kappa shape index (κ3) is 4.16. The van der Waals surface area contributed by atoms with Crippen LogP contribution in [0.5, 0.6) is 0 Å². The minimum Gasteiger partial charge on any atom is -0.472 e. The second-order valence-electron chi connectivity index (χ2n) is 9.01. The number of carbonyl (C=O) groups excluding carboxylic acids is 1. The molecule has 2 saturated heterocycles. The molecule has 1 aromatic carbocycles. The number of nitrogens with zero attached hydrogens (tertiary/aromatic N) is 2. The summed E-state index contributed by atoms with van der Waals surface area (Å²) in [4.78, 5) is 17.2. The highest BCUT2D eigenvalue weighted by Gasteiger charge is 2.45. The summed E-state index contributed by atoms with van der Waals surface area (Å²) in [7, 11) is 0. The maximum Gasteiger partial charge on any atom is 0.257 e. The summed E-state index contributed by atoms with van der Waals surface area (Å²) in [6, 6.07) is 9.75. The molecule has 1 aromatic heterocycles. The average Bonchev–Trinajstić information content (AvgIpc) is 3.46. The zero-order valence-corrected chi connectivity index (χ0v) is 17.3. The highest BCUT2D eigenvalue weighted by molar-refractivity contribution is 5.93. The zero-order valence-electron chi connectivity index (χ0n) is 17.3. The molecule has 0 bridgehead atoms. The summed E-state index contributed by atoms with van der Waals surface area (Å²) in [5.41, 5.74) is 1.66. The van der Waals surface area contributed by atoms with Crippen LogP contribution in [-0.2, 0) is 11.3 Å². The maximum absolute atomic E-state index is 13.3. The lowest BCUT2D eigenvalue weighted by Gasteiger charge is -2.48. The van der Waals surface area contributed by atoms with Crippen LogP contribution < -0.4 is 0 Å². The van der Waals surface area contributed by atoms with E-state index >= 15 is 0 Å². The van der Waals surface area contributed by atoms with Crippen molar-refractivity contribution in [2.45, 2.75) is 62.8 Å². The smallest absolute Gasteiger partial charge is 0.257 e. The van der Waals surface area contributed by atoms with Gasteiger partial charge < -0.3 is 14.1 Å². The molecule has 2 aromatic rings. The molecule has 5 rings (SSSR count). The zero-order chi connectivity index (χ0) is 20.6. The summed E-state index contributed by atoms with van der Waals surface area (Å²) in [5, 5.41) is 0. The quantitative estimate of drug-likeness (QED) is 0.737. The Morgan fingerprint density at radius 2 is 1.87 bits per heavy atom. The van der Waals surface area contributed by atoms with Gasteiger partial charge in [0.2, 0.25) is 0 Å². The molecule has 1 unspecified atom stereocenters. The van der Waals surface area contributed by atoms with Crippen LogP contribution >= 0.6 is 0 Å². The third-order valence-corrected chi connectivity index (χ3v) is 6.96. The van der Waals surface area contributed by atoms with Crippen molar-refractivity contribution in [3.05, 3.63) is 59.8 Å².